The van der Waals surface area contributed by atoms with Crippen LogP contribution < -0.4 is 0 Å². The third kappa shape index (κ3) is 2.82. The van der Waals surface area contributed by atoms with Crippen LogP contribution in [0.25, 0.3) is 0 Å². The monoisotopic (exact) mass is 285 g/mol. The minimum Gasteiger partial charge on any atom is -0.449 e. The van der Waals surface area contributed by atoms with E-state index in [0.717, 1.165) is 44.5 Å². The number of carbonyl (C=O) groups is 1. The predicted molar refractivity (Wildman–Crippen MR) is 82.5 cm³/mol. The Morgan fingerprint density at radius 2 is 1.86 bits per heavy atom. The zero-order chi connectivity index (χ0) is 14.7. The van der Waals surface area contributed by atoms with Crippen LogP contribution in [0.3, 0.4) is 0 Å². The Hall–Kier alpha value is -1.77. The first-order valence-corrected chi connectivity index (χ1v) is 7.97. The fraction of sp³-hybridized carbons (Fsp3) is 0.500. The summed E-state index contributed by atoms with van der Waals surface area (Å²) in [7, 11) is 0. The van der Waals surface area contributed by atoms with Crippen molar-refractivity contribution in [1.29, 1.82) is 0 Å². The average Bonchev–Trinajstić information content (AvgIpc) is 2.82. The lowest BCUT2D eigenvalue weighted by Crippen LogP contribution is -2.41. The van der Waals surface area contributed by atoms with Crippen molar-refractivity contribution in [1.82, 2.24) is 4.90 Å². The summed E-state index contributed by atoms with van der Waals surface area (Å²) in [5.74, 6) is -0.168. The molecule has 0 bridgehead atoms. The molecule has 0 atom stereocenters. The third-order valence-corrected chi connectivity index (χ3v) is 4.62. The topological polar surface area (TPSA) is 29.5 Å². The molecule has 1 fully saturated rings. The Morgan fingerprint density at radius 3 is 2.52 bits per heavy atom. The minimum absolute atomic E-state index is 0.168. The number of benzene rings is 1. The molecule has 0 saturated heterocycles. The van der Waals surface area contributed by atoms with Crippen molar-refractivity contribution in [2.24, 2.45) is 0 Å². The highest BCUT2D eigenvalue weighted by Crippen LogP contribution is 2.42. The summed E-state index contributed by atoms with van der Waals surface area (Å²) in [6.07, 6.45) is 7.20. The molecule has 1 aliphatic carbocycles. The quantitative estimate of drug-likeness (QED) is 0.791. The van der Waals surface area contributed by atoms with Gasteiger partial charge in [0.1, 0.15) is 0 Å². The molecule has 0 radical (unpaired) electrons. The molecule has 3 rings (SSSR count). The van der Waals surface area contributed by atoms with Crippen molar-refractivity contribution < 1.29 is 9.53 Å². The van der Waals surface area contributed by atoms with Gasteiger partial charge in [-0.05, 0) is 38.2 Å². The fourth-order valence-electron chi connectivity index (χ4n) is 3.55. The summed E-state index contributed by atoms with van der Waals surface area (Å²) >= 11 is 0. The molecule has 1 aliphatic heterocycles. The highest BCUT2D eigenvalue weighted by molar-refractivity contribution is 5.86. The second-order valence-electron chi connectivity index (χ2n) is 6.01. The number of nitrogens with zero attached hydrogens (tertiary/aromatic N) is 1. The summed E-state index contributed by atoms with van der Waals surface area (Å²) in [6.45, 7) is 3.86. The minimum atomic E-state index is -0.347. The maximum atomic E-state index is 11.9. The molecule has 0 aromatic heterocycles. The largest absolute Gasteiger partial charge is 0.449 e. The zero-order valence-electron chi connectivity index (χ0n) is 12.7. The molecule has 0 unspecified atom stereocenters. The smallest absolute Gasteiger partial charge is 0.333 e. The van der Waals surface area contributed by atoms with Crippen molar-refractivity contribution in [3.63, 3.8) is 0 Å². The van der Waals surface area contributed by atoms with Crippen LogP contribution in [-0.4, -0.2) is 23.0 Å². The summed E-state index contributed by atoms with van der Waals surface area (Å²) < 4.78 is 5.75. The van der Waals surface area contributed by atoms with Crippen molar-refractivity contribution in [2.45, 2.75) is 51.2 Å². The van der Waals surface area contributed by atoms with Gasteiger partial charge in [0, 0.05) is 19.2 Å². The van der Waals surface area contributed by atoms with Gasteiger partial charge < -0.3 is 9.64 Å². The normalized spacial score (nSPS) is 20.2. The second-order valence-corrected chi connectivity index (χ2v) is 6.01. The van der Waals surface area contributed by atoms with E-state index in [0.29, 0.717) is 0 Å². The first-order valence-electron chi connectivity index (χ1n) is 7.97. The maximum absolute atomic E-state index is 11.9. The van der Waals surface area contributed by atoms with E-state index in [4.69, 9.17) is 4.74 Å². The molecule has 1 spiro atoms. The number of hydrogen-bond acceptors (Lipinski definition) is 3. The van der Waals surface area contributed by atoms with Crippen LogP contribution in [0, 0.1) is 0 Å². The molecule has 1 aromatic carbocycles. The number of ether oxygens (including phenoxy) is 1. The van der Waals surface area contributed by atoms with Crippen LogP contribution in [0.1, 0.15) is 44.6 Å². The van der Waals surface area contributed by atoms with E-state index in [1.807, 2.05) is 6.07 Å². The second kappa shape index (κ2) is 5.92. The Bertz CT molecular complexity index is 529. The Balaban J connectivity index is 1.84. The predicted octanol–water partition coefficient (Wildman–Crippen LogP) is 3.65. The van der Waals surface area contributed by atoms with Gasteiger partial charge in [-0.2, -0.15) is 0 Å². The van der Waals surface area contributed by atoms with E-state index in [2.05, 4.69) is 36.1 Å². The van der Waals surface area contributed by atoms with Gasteiger partial charge in [0.15, 0.2) is 5.60 Å². The van der Waals surface area contributed by atoms with Crippen LogP contribution >= 0.6 is 0 Å². The molecule has 1 aromatic rings. The average molecular weight is 285 g/mol. The molecule has 3 heteroatoms. The van der Waals surface area contributed by atoms with E-state index in [1.165, 1.54) is 12.0 Å². The number of rotatable bonds is 4. The number of likely N-dealkylation sites (N-methyl/N-ethyl adjacent to an activating group) is 1. The summed E-state index contributed by atoms with van der Waals surface area (Å²) in [5.41, 5.74) is 2.02. The lowest BCUT2D eigenvalue weighted by molar-refractivity contribution is -0.149. The lowest BCUT2D eigenvalue weighted by atomic mass is 9.82. The van der Waals surface area contributed by atoms with E-state index in [9.17, 15) is 4.79 Å². The highest BCUT2D eigenvalue weighted by Gasteiger charge is 2.45. The molecular formula is C18H23NO2. The van der Waals surface area contributed by atoms with Crippen molar-refractivity contribution in [3.05, 3.63) is 47.7 Å². The zero-order valence-corrected chi connectivity index (χ0v) is 12.7. The maximum Gasteiger partial charge on any atom is 0.333 e. The van der Waals surface area contributed by atoms with Crippen LogP contribution in [-0.2, 0) is 16.1 Å². The SMILES string of the molecule is CCN(Cc1ccccc1)C1=CC(=O)OC12CCCCC2. The summed E-state index contributed by atoms with van der Waals surface area (Å²) in [5, 5.41) is 0. The first-order chi connectivity index (χ1) is 10.2. The molecule has 3 nitrogen and oxygen atoms in total. The van der Waals surface area contributed by atoms with Crippen LogP contribution in [0.15, 0.2) is 42.1 Å². The first kappa shape index (κ1) is 14.2. The fourth-order valence-corrected chi connectivity index (χ4v) is 3.55. The Morgan fingerprint density at radius 1 is 1.14 bits per heavy atom. The number of esters is 1. The van der Waals surface area contributed by atoms with Crippen LogP contribution in [0.5, 0.6) is 0 Å². The van der Waals surface area contributed by atoms with Gasteiger partial charge >= 0.3 is 5.97 Å². The van der Waals surface area contributed by atoms with Crippen LogP contribution in [0.4, 0.5) is 0 Å². The molecule has 21 heavy (non-hydrogen) atoms. The van der Waals surface area contributed by atoms with Gasteiger partial charge in [0.25, 0.3) is 0 Å². The van der Waals surface area contributed by atoms with E-state index in [1.54, 1.807) is 6.08 Å². The van der Waals surface area contributed by atoms with Gasteiger partial charge in [0.2, 0.25) is 0 Å². The molecule has 1 saturated carbocycles. The molecule has 1 heterocycles. The standard InChI is InChI=1S/C18H23NO2/c1-2-19(14-15-9-5-3-6-10-15)16-13-17(20)21-18(16)11-7-4-8-12-18/h3,5-6,9-10,13H,2,4,7-8,11-12,14H2,1H3. The van der Waals surface area contributed by atoms with E-state index < -0.39 is 0 Å². The highest BCUT2D eigenvalue weighted by atomic mass is 16.6. The van der Waals surface area contributed by atoms with Gasteiger partial charge in [-0.25, -0.2) is 4.79 Å². The van der Waals surface area contributed by atoms with E-state index in [-0.39, 0.29) is 11.6 Å². The molecule has 112 valence electrons. The summed E-state index contributed by atoms with van der Waals surface area (Å²) in [4.78, 5) is 14.2. The number of carbonyl (C=O) groups excluding carboxylic acids is 1. The van der Waals surface area contributed by atoms with Gasteiger partial charge in [-0.15, -0.1) is 0 Å². The van der Waals surface area contributed by atoms with Crippen molar-refractivity contribution >= 4 is 5.97 Å². The summed E-state index contributed by atoms with van der Waals surface area (Å²) in [6, 6.07) is 10.4. The Kier molecular flexibility index (Phi) is 4.00. The third-order valence-electron chi connectivity index (χ3n) is 4.62. The molecule has 0 N–H and O–H groups in total. The Labute approximate surface area is 126 Å². The molecular weight excluding hydrogens is 262 g/mol. The van der Waals surface area contributed by atoms with Gasteiger partial charge in [0.05, 0.1) is 5.70 Å². The van der Waals surface area contributed by atoms with Gasteiger partial charge in [-0.1, -0.05) is 36.8 Å². The van der Waals surface area contributed by atoms with Crippen molar-refractivity contribution in [3.8, 4) is 0 Å². The molecule has 2 aliphatic rings. The van der Waals surface area contributed by atoms with Crippen molar-refractivity contribution in [2.75, 3.05) is 6.54 Å². The van der Waals surface area contributed by atoms with E-state index >= 15 is 0 Å². The number of hydrogen-bond donors (Lipinski definition) is 0. The van der Waals surface area contributed by atoms with Crippen LogP contribution in [0.2, 0.25) is 0 Å². The van der Waals surface area contributed by atoms with Gasteiger partial charge in [-0.3, -0.25) is 0 Å². The molecule has 0 amide bonds. The lowest BCUT2D eigenvalue weighted by Gasteiger charge is -2.39.